The first-order chi connectivity index (χ1) is 7.62. The predicted molar refractivity (Wildman–Crippen MR) is 62.7 cm³/mol. The van der Waals surface area contributed by atoms with E-state index in [4.69, 9.17) is 38.3 Å². The van der Waals surface area contributed by atoms with Crippen LogP contribution in [0, 0.1) is 11.3 Å². The Hall–Kier alpha value is -0.950. The average molecular weight is 260 g/mol. The molecule has 0 radical (unpaired) electrons. The van der Waals surface area contributed by atoms with Crippen LogP contribution in [-0.4, -0.2) is 11.2 Å². The maximum Gasteiger partial charge on any atom is 0.184 e. The summed E-state index contributed by atoms with van der Waals surface area (Å²) in [5, 5.41) is 18.7. The van der Waals surface area contributed by atoms with Crippen molar-refractivity contribution in [2.75, 3.05) is 0 Å². The van der Waals surface area contributed by atoms with Crippen LogP contribution in [0.2, 0.25) is 10.0 Å². The minimum atomic E-state index is -0.580. The van der Waals surface area contributed by atoms with Gasteiger partial charge in [-0.1, -0.05) is 30.1 Å². The summed E-state index contributed by atoms with van der Waals surface area (Å²) in [5.74, 6) is 0.321. The fourth-order valence-electron chi connectivity index (χ4n) is 1.21. The molecule has 16 heavy (non-hydrogen) atoms. The summed E-state index contributed by atoms with van der Waals surface area (Å²) in [6, 6.07) is 5.08. The SMILES string of the molecule is CCC(C#N)Oc1c(Cl)cc(Cl)cc1CO. The average Bonchev–Trinajstić information content (AvgIpc) is 2.27. The number of aliphatic hydroxyl groups is 1. The highest BCUT2D eigenvalue weighted by Gasteiger charge is 2.14. The van der Waals surface area contributed by atoms with E-state index in [-0.39, 0.29) is 6.61 Å². The van der Waals surface area contributed by atoms with E-state index < -0.39 is 6.10 Å². The molecule has 0 fully saturated rings. The van der Waals surface area contributed by atoms with Crippen molar-refractivity contribution in [3.05, 3.63) is 27.7 Å². The first-order valence-corrected chi connectivity index (χ1v) is 5.53. The Bertz CT molecular complexity index is 415. The molecule has 0 amide bonds. The Balaban J connectivity index is 3.07. The van der Waals surface area contributed by atoms with Crippen molar-refractivity contribution >= 4 is 23.2 Å². The minimum absolute atomic E-state index is 0.239. The molecule has 1 aromatic rings. The first-order valence-electron chi connectivity index (χ1n) is 4.77. The topological polar surface area (TPSA) is 53.2 Å². The Morgan fingerprint density at radius 1 is 1.50 bits per heavy atom. The summed E-state index contributed by atoms with van der Waals surface area (Å²) in [4.78, 5) is 0. The molecule has 1 atom stereocenters. The first kappa shape index (κ1) is 13.1. The standard InChI is InChI=1S/C11H11Cl2NO2/c1-2-9(5-14)16-11-7(6-15)3-8(12)4-10(11)13/h3-4,9,15H,2,6H2,1H3. The normalized spacial score (nSPS) is 11.9. The van der Waals surface area contributed by atoms with E-state index in [9.17, 15) is 0 Å². The van der Waals surface area contributed by atoms with Gasteiger partial charge in [0.05, 0.1) is 11.6 Å². The number of rotatable bonds is 4. The van der Waals surface area contributed by atoms with E-state index in [1.54, 1.807) is 6.07 Å². The Labute approximate surface area is 104 Å². The Morgan fingerprint density at radius 3 is 2.69 bits per heavy atom. The third-order valence-electron chi connectivity index (χ3n) is 2.03. The second-order valence-electron chi connectivity index (χ2n) is 3.18. The summed E-state index contributed by atoms with van der Waals surface area (Å²) in [6.07, 6.45) is -0.0377. The number of halogens is 2. The lowest BCUT2D eigenvalue weighted by molar-refractivity contribution is 0.233. The van der Waals surface area contributed by atoms with Crippen molar-refractivity contribution in [1.82, 2.24) is 0 Å². The molecule has 0 spiro atoms. The summed E-state index contributed by atoms with van der Waals surface area (Å²) >= 11 is 11.7. The molecule has 1 unspecified atom stereocenters. The van der Waals surface area contributed by atoms with Gasteiger partial charge in [-0.15, -0.1) is 0 Å². The number of benzene rings is 1. The summed E-state index contributed by atoms with van der Waals surface area (Å²) in [6.45, 7) is 1.59. The molecule has 1 aromatic carbocycles. The van der Waals surface area contributed by atoms with Gasteiger partial charge in [-0.3, -0.25) is 0 Å². The lowest BCUT2D eigenvalue weighted by Crippen LogP contribution is -2.13. The van der Waals surface area contributed by atoms with Gasteiger partial charge in [-0.2, -0.15) is 5.26 Å². The number of ether oxygens (including phenoxy) is 1. The van der Waals surface area contributed by atoms with Crippen molar-refractivity contribution in [1.29, 1.82) is 5.26 Å². The zero-order valence-corrected chi connectivity index (χ0v) is 10.2. The van der Waals surface area contributed by atoms with Gasteiger partial charge in [0.25, 0.3) is 0 Å². The highest BCUT2D eigenvalue weighted by molar-refractivity contribution is 6.35. The van der Waals surface area contributed by atoms with Crippen LogP contribution < -0.4 is 4.74 Å². The van der Waals surface area contributed by atoms with Crippen LogP contribution in [0.25, 0.3) is 0 Å². The molecule has 0 aliphatic rings. The monoisotopic (exact) mass is 259 g/mol. The molecule has 5 heteroatoms. The maximum atomic E-state index is 9.15. The van der Waals surface area contributed by atoms with Crippen molar-refractivity contribution < 1.29 is 9.84 Å². The molecule has 0 saturated heterocycles. The van der Waals surface area contributed by atoms with Gasteiger partial charge in [-0.05, 0) is 18.6 Å². The van der Waals surface area contributed by atoms with E-state index in [0.29, 0.717) is 27.8 Å². The van der Waals surface area contributed by atoms with Crippen molar-refractivity contribution in [3.8, 4) is 11.8 Å². The second kappa shape index (κ2) is 5.95. The van der Waals surface area contributed by atoms with Gasteiger partial charge in [0.1, 0.15) is 11.8 Å². The minimum Gasteiger partial charge on any atom is -0.474 e. The van der Waals surface area contributed by atoms with Gasteiger partial charge >= 0.3 is 0 Å². The largest absolute Gasteiger partial charge is 0.474 e. The third-order valence-corrected chi connectivity index (χ3v) is 2.53. The lowest BCUT2D eigenvalue weighted by Gasteiger charge is -2.15. The Morgan fingerprint density at radius 2 is 2.19 bits per heavy atom. The number of hydrogen-bond donors (Lipinski definition) is 1. The van der Waals surface area contributed by atoms with Gasteiger partial charge in [0, 0.05) is 10.6 Å². The van der Waals surface area contributed by atoms with E-state index in [0.717, 1.165) is 0 Å². The molecule has 0 heterocycles. The van der Waals surface area contributed by atoms with Gasteiger partial charge in [0.15, 0.2) is 6.10 Å². The molecule has 0 aromatic heterocycles. The quantitative estimate of drug-likeness (QED) is 0.904. The zero-order valence-electron chi connectivity index (χ0n) is 8.70. The molecule has 86 valence electrons. The molecule has 0 bridgehead atoms. The van der Waals surface area contributed by atoms with Gasteiger partial charge in [0.2, 0.25) is 0 Å². The number of nitriles is 1. The van der Waals surface area contributed by atoms with Crippen LogP contribution in [0.3, 0.4) is 0 Å². The van der Waals surface area contributed by atoms with E-state index in [2.05, 4.69) is 0 Å². The van der Waals surface area contributed by atoms with Crippen molar-refractivity contribution in [3.63, 3.8) is 0 Å². The summed E-state index contributed by atoms with van der Waals surface area (Å²) < 4.78 is 5.41. The molecule has 1 rings (SSSR count). The van der Waals surface area contributed by atoms with Gasteiger partial charge in [-0.25, -0.2) is 0 Å². The van der Waals surface area contributed by atoms with Crippen molar-refractivity contribution in [2.24, 2.45) is 0 Å². The molecule has 0 aliphatic heterocycles. The maximum absolute atomic E-state index is 9.15. The van der Waals surface area contributed by atoms with Crippen LogP contribution in [0.15, 0.2) is 12.1 Å². The van der Waals surface area contributed by atoms with Crippen LogP contribution in [0.4, 0.5) is 0 Å². The van der Waals surface area contributed by atoms with Crippen molar-refractivity contribution in [2.45, 2.75) is 26.1 Å². The van der Waals surface area contributed by atoms with Crippen LogP contribution in [-0.2, 0) is 6.61 Å². The van der Waals surface area contributed by atoms with Crippen LogP contribution in [0.5, 0.6) is 5.75 Å². The molecule has 1 N–H and O–H groups in total. The molecule has 0 aliphatic carbocycles. The smallest absolute Gasteiger partial charge is 0.184 e. The van der Waals surface area contributed by atoms with E-state index >= 15 is 0 Å². The van der Waals surface area contributed by atoms with E-state index in [1.165, 1.54) is 6.07 Å². The summed E-state index contributed by atoms with van der Waals surface area (Å²) in [7, 11) is 0. The zero-order chi connectivity index (χ0) is 12.1. The fraction of sp³-hybridized carbons (Fsp3) is 0.364. The number of aliphatic hydroxyl groups excluding tert-OH is 1. The summed E-state index contributed by atoms with van der Waals surface area (Å²) in [5.41, 5.74) is 0.478. The van der Waals surface area contributed by atoms with Crippen LogP contribution in [0.1, 0.15) is 18.9 Å². The van der Waals surface area contributed by atoms with Crippen LogP contribution >= 0.6 is 23.2 Å². The molecular weight excluding hydrogens is 249 g/mol. The predicted octanol–water partition coefficient (Wildman–Crippen LogP) is 3.17. The second-order valence-corrected chi connectivity index (χ2v) is 4.02. The van der Waals surface area contributed by atoms with Gasteiger partial charge < -0.3 is 9.84 Å². The Kier molecular flexibility index (Phi) is 4.88. The molecule has 3 nitrogen and oxygen atoms in total. The third kappa shape index (κ3) is 3.02. The highest BCUT2D eigenvalue weighted by atomic mass is 35.5. The fourth-order valence-corrected chi connectivity index (χ4v) is 1.79. The highest BCUT2D eigenvalue weighted by Crippen LogP contribution is 2.33. The lowest BCUT2D eigenvalue weighted by atomic mass is 10.2. The van der Waals surface area contributed by atoms with E-state index in [1.807, 2.05) is 13.0 Å². The molecular formula is C11H11Cl2NO2. The molecule has 0 saturated carbocycles. The number of nitrogens with zero attached hydrogens (tertiary/aromatic N) is 1. The number of hydrogen-bond acceptors (Lipinski definition) is 3.